The van der Waals surface area contributed by atoms with Crippen molar-refractivity contribution >= 4 is 15.9 Å². The van der Waals surface area contributed by atoms with Crippen molar-refractivity contribution in [3.8, 4) is 0 Å². The van der Waals surface area contributed by atoms with Gasteiger partial charge in [0.15, 0.2) is 0 Å². The smallest absolute Gasteiger partial charge is 0.240 e. The normalized spacial score (nSPS) is 11.4. The van der Waals surface area contributed by atoms with Crippen LogP contribution in [-0.4, -0.2) is 32.8 Å². The number of amides is 1. The molecule has 5 nitrogen and oxygen atoms in total. The Balaban J connectivity index is 1.92. The molecular formula is C20H26N2O3S. The van der Waals surface area contributed by atoms with Gasteiger partial charge in [-0.05, 0) is 43.5 Å². The Morgan fingerprint density at radius 2 is 1.73 bits per heavy atom. The summed E-state index contributed by atoms with van der Waals surface area (Å²) in [6.07, 6.45) is 0.118. The van der Waals surface area contributed by atoms with Crippen molar-refractivity contribution in [2.75, 3.05) is 13.6 Å². The second-order valence-corrected chi connectivity index (χ2v) is 8.33. The summed E-state index contributed by atoms with van der Waals surface area (Å²) in [6.45, 7) is 6.27. The van der Waals surface area contributed by atoms with Crippen LogP contribution in [0.2, 0.25) is 0 Å². The molecule has 26 heavy (non-hydrogen) atoms. The molecule has 2 aromatic rings. The van der Waals surface area contributed by atoms with Gasteiger partial charge in [-0.1, -0.05) is 42.0 Å². The van der Waals surface area contributed by atoms with Gasteiger partial charge in [-0.15, -0.1) is 0 Å². The van der Waals surface area contributed by atoms with Crippen molar-refractivity contribution in [3.05, 3.63) is 64.7 Å². The number of nitrogens with zero attached hydrogens (tertiary/aromatic N) is 1. The molecule has 0 unspecified atom stereocenters. The largest absolute Gasteiger partial charge is 0.341 e. The third-order valence-corrected chi connectivity index (χ3v) is 5.97. The lowest BCUT2D eigenvalue weighted by atomic mass is 10.1. The fourth-order valence-electron chi connectivity index (χ4n) is 2.79. The Morgan fingerprint density at radius 1 is 1.04 bits per heavy atom. The zero-order valence-corrected chi connectivity index (χ0v) is 16.6. The lowest BCUT2D eigenvalue weighted by molar-refractivity contribution is -0.130. The van der Waals surface area contributed by atoms with Gasteiger partial charge in [0.05, 0.1) is 4.90 Å². The van der Waals surface area contributed by atoms with Crippen LogP contribution >= 0.6 is 0 Å². The Labute approximate surface area is 156 Å². The summed E-state index contributed by atoms with van der Waals surface area (Å²) in [7, 11) is -1.89. The monoisotopic (exact) mass is 374 g/mol. The highest BCUT2D eigenvalue weighted by Gasteiger charge is 2.17. The Kier molecular flexibility index (Phi) is 6.56. The van der Waals surface area contributed by atoms with Crippen molar-refractivity contribution in [1.82, 2.24) is 9.62 Å². The van der Waals surface area contributed by atoms with Crippen LogP contribution in [-0.2, 0) is 21.4 Å². The second-order valence-electron chi connectivity index (χ2n) is 6.59. The zero-order chi connectivity index (χ0) is 19.3. The van der Waals surface area contributed by atoms with Crippen LogP contribution in [0, 0.1) is 20.8 Å². The molecule has 0 bridgehead atoms. The van der Waals surface area contributed by atoms with Crippen LogP contribution < -0.4 is 4.72 Å². The fraction of sp³-hybridized carbons (Fsp3) is 0.350. The minimum atomic E-state index is -3.62. The number of hydrogen-bond acceptors (Lipinski definition) is 3. The third kappa shape index (κ3) is 5.16. The third-order valence-electron chi connectivity index (χ3n) is 4.35. The first-order valence-corrected chi connectivity index (χ1v) is 10.0. The molecule has 2 aromatic carbocycles. The summed E-state index contributed by atoms with van der Waals surface area (Å²) >= 11 is 0. The fourth-order valence-corrected chi connectivity index (χ4v) is 4.05. The van der Waals surface area contributed by atoms with Gasteiger partial charge in [0.1, 0.15) is 0 Å². The quantitative estimate of drug-likeness (QED) is 0.810. The van der Waals surface area contributed by atoms with Crippen LogP contribution in [0.1, 0.15) is 28.7 Å². The van der Waals surface area contributed by atoms with Gasteiger partial charge < -0.3 is 4.90 Å². The van der Waals surface area contributed by atoms with E-state index in [0.29, 0.717) is 12.1 Å². The van der Waals surface area contributed by atoms with Crippen molar-refractivity contribution in [2.24, 2.45) is 0 Å². The number of rotatable bonds is 7. The first-order chi connectivity index (χ1) is 12.2. The molecule has 1 N–H and O–H groups in total. The SMILES string of the molecule is Cc1ccc(S(=O)(=O)NCCC(=O)N(C)Cc2ccccc2C)c(C)c1. The number of hydrogen-bond donors (Lipinski definition) is 1. The predicted octanol–water partition coefficient (Wildman–Crippen LogP) is 2.94. The number of carbonyl (C=O) groups is 1. The molecule has 0 aliphatic carbocycles. The molecule has 0 atom stereocenters. The molecule has 1 amide bonds. The Morgan fingerprint density at radius 3 is 2.38 bits per heavy atom. The summed E-state index contributed by atoms with van der Waals surface area (Å²) in [5, 5.41) is 0. The Bertz CT molecular complexity index is 892. The molecule has 0 fully saturated rings. The van der Waals surface area contributed by atoms with E-state index in [1.54, 1.807) is 31.0 Å². The molecule has 0 radical (unpaired) electrons. The summed E-state index contributed by atoms with van der Waals surface area (Å²) in [6, 6.07) is 13.1. The maximum Gasteiger partial charge on any atom is 0.240 e. The molecular weight excluding hydrogens is 348 g/mol. The van der Waals surface area contributed by atoms with E-state index in [4.69, 9.17) is 0 Å². The number of aryl methyl sites for hydroxylation is 3. The maximum absolute atomic E-state index is 12.4. The van der Waals surface area contributed by atoms with Crippen molar-refractivity contribution < 1.29 is 13.2 Å². The van der Waals surface area contributed by atoms with Gasteiger partial charge >= 0.3 is 0 Å². The highest BCUT2D eigenvalue weighted by atomic mass is 32.2. The number of nitrogens with one attached hydrogen (secondary N) is 1. The minimum Gasteiger partial charge on any atom is -0.341 e. The second kappa shape index (κ2) is 8.47. The molecule has 0 heterocycles. The van der Waals surface area contributed by atoms with E-state index in [1.165, 1.54) is 0 Å². The van der Waals surface area contributed by atoms with E-state index in [-0.39, 0.29) is 23.8 Å². The van der Waals surface area contributed by atoms with E-state index >= 15 is 0 Å². The average Bonchev–Trinajstić information content (AvgIpc) is 2.56. The lowest BCUT2D eigenvalue weighted by Gasteiger charge is -2.19. The van der Waals surface area contributed by atoms with Crippen molar-refractivity contribution in [2.45, 2.75) is 38.6 Å². The summed E-state index contributed by atoms with van der Waals surface area (Å²) < 4.78 is 27.4. The first-order valence-electron chi connectivity index (χ1n) is 8.56. The molecule has 0 aliphatic rings. The summed E-state index contributed by atoms with van der Waals surface area (Å²) in [5.41, 5.74) is 3.91. The van der Waals surface area contributed by atoms with Gasteiger partial charge in [-0.2, -0.15) is 0 Å². The van der Waals surface area contributed by atoms with E-state index in [1.807, 2.05) is 44.2 Å². The van der Waals surface area contributed by atoms with E-state index < -0.39 is 10.0 Å². The van der Waals surface area contributed by atoms with Gasteiger partial charge in [-0.25, -0.2) is 13.1 Å². The standard InChI is InChI=1S/C20H26N2O3S/c1-15-9-10-19(17(3)13-15)26(24,25)21-12-11-20(23)22(4)14-18-8-6-5-7-16(18)2/h5-10,13,21H,11-12,14H2,1-4H3. The molecule has 2 rings (SSSR count). The van der Waals surface area contributed by atoms with Gasteiger partial charge in [0.2, 0.25) is 15.9 Å². The van der Waals surface area contributed by atoms with Crippen molar-refractivity contribution in [3.63, 3.8) is 0 Å². The molecule has 0 spiro atoms. The van der Waals surface area contributed by atoms with E-state index in [9.17, 15) is 13.2 Å². The van der Waals surface area contributed by atoms with Crippen LogP contribution in [0.3, 0.4) is 0 Å². The molecule has 0 saturated heterocycles. The number of sulfonamides is 1. The molecule has 0 saturated carbocycles. The lowest BCUT2D eigenvalue weighted by Crippen LogP contribution is -2.32. The first kappa shape index (κ1) is 20.1. The van der Waals surface area contributed by atoms with Crippen LogP contribution in [0.15, 0.2) is 47.4 Å². The predicted molar refractivity (Wildman–Crippen MR) is 103 cm³/mol. The average molecular weight is 375 g/mol. The molecule has 0 aromatic heterocycles. The molecule has 140 valence electrons. The maximum atomic E-state index is 12.4. The van der Waals surface area contributed by atoms with Gasteiger partial charge in [0, 0.05) is 26.6 Å². The summed E-state index contributed by atoms with van der Waals surface area (Å²) in [4.78, 5) is 14.2. The van der Waals surface area contributed by atoms with Gasteiger partial charge in [-0.3, -0.25) is 4.79 Å². The number of carbonyl (C=O) groups excluding carboxylic acids is 1. The van der Waals surface area contributed by atoms with Gasteiger partial charge in [0.25, 0.3) is 0 Å². The molecule has 0 aliphatic heterocycles. The van der Waals surface area contributed by atoms with E-state index in [0.717, 1.165) is 16.7 Å². The van der Waals surface area contributed by atoms with Crippen molar-refractivity contribution in [1.29, 1.82) is 0 Å². The zero-order valence-electron chi connectivity index (χ0n) is 15.7. The van der Waals surface area contributed by atoms with Crippen LogP contribution in [0.5, 0.6) is 0 Å². The highest BCUT2D eigenvalue weighted by Crippen LogP contribution is 2.16. The highest BCUT2D eigenvalue weighted by molar-refractivity contribution is 7.89. The van der Waals surface area contributed by atoms with Crippen LogP contribution in [0.25, 0.3) is 0 Å². The summed E-state index contributed by atoms with van der Waals surface area (Å²) in [5.74, 6) is -0.100. The Hall–Kier alpha value is -2.18. The van der Waals surface area contributed by atoms with Crippen LogP contribution in [0.4, 0.5) is 0 Å². The number of benzene rings is 2. The van der Waals surface area contributed by atoms with E-state index in [2.05, 4.69) is 4.72 Å². The minimum absolute atomic E-state index is 0.0760. The molecule has 6 heteroatoms. The topological polar surface area (TPSA) is 66.5 Å².